The minimum atomic E-state index is -0.186. The van der Waals surface area contributed by atoms with Crippen LogP contribution >= 0.6 is 11.3 Å². The number of imidazole rings is 1. The van der Waals surface area contributed by atoms with E-state index in [4.69, 9.17) is 0 Å². The van der Waals surface area contributed by atoms with Crippen LogP contribution in [0.2, 0.25) is 0 Å². The van der Waals surface area contributed by atoms with Gasteiger partial charge in [0.1, 0.15) is 22.6 Å². The van der Waals surface area contributed by atoms with Crippen molar-refractivity contribution in [1.82, 2.24) is 20.2 Å². The molecular weight excluding hydrogens is 324 g/mol. The first-order valence-electron chi connectivity index (χ1n) is 7.82. The van der Waals surface area contributed by atoms with Crippen molar-refractivity contribution in [3.63, 3.8) is 0 Å². The first kappa shape index (κ1) is 16.5. The Morgan fingerprint density at radius 3 is 2.96 bits per heavy atom. The Bertz CT molecular complexity index is 842. The fraction of sp³-hybridized carbons (Fsp3) is 0.294. The monoisotopic (exact) mass is 344 g/mol. The van der Waals surface area contributed by atoms with Crippen molar-refractivity contribution in [2.45, 2.75) is 6.92 Å². The molecule has 0 bridgehead atoms. The molecule has 24 heavy (non-hydrogen) atoms. The van der Waals surface area contributed by atoms with Gasteiger partial charge in [-0.1, -0.05) is 13.0 Å². The molecule has 0 radical (unpaired) electrons. The van der Waals surface area contributed by atoms with Crippen LogP contribution in [0.25, 0.3) is 21.7 Å². The Morgan fingerprint density at radius 2 is 2.25 bits per heavy atom. The van der Waals surface area contributed by atoms with Gasteiger partial charge in [0.25, 0.3) is 5.91 Å². The molecule has 2 aromatic heterocycles. The number of hydrogen-bond donors (Lipinski definition) is 3. The van der Waals surface area contributed by atoms with E-state index in [-0.39, 0.29) is 11.7 Å². The van der Waals surface area contributed by atoms with E-state index in [1.165, 1.54) is 6.07 Å². The summed E-state index contributed by atoms with van der Waals surface area (Å²) in [4.78, 5) is 23.2. The molecular formula is C17H20N4O2S. The lowest BCUT2D eigenvalue weighted by Gasteiger charge is -2.14. The number of carbonyl (C=O) groups excluding carboxylic acids is 1. The number of H-pyrrole nitrogens is 1. The number of likely N-dealkylation sites (N-methyl/N-ethyl adjacent to an activating group) is 1. The van der Waals surface area contributed by atoms with Gasteiger partial charge >= 0.3 is 0 Å². The van der Waals surface area contributed by atoms with Crippen molar-refractivity contribution in [2.75, 3.05) is 26.7 Å². The maximum Gasteiger partial charge on any atom is 0.253 e. The van der Waals surface area contributed by atoms with Gasteiger partial charge in [-0.2, -0.15) is 0 Å². The number of nitrogens with zero attached hydrogens (tertiary/aromatic N) is 2. The summed E-state index contributed by atoms with van der Waals surface area (Å²) in [7, 11) is 2.01. The topological polar surface area (TPSA) is 81.3 Å². The van der Waals surface area contributed by atoms with Gasteiger partial charge in [-0.3, -0.25) is 4.79 Å². The average molecular weight is 344 g/mol. The van der Waals surface area contributed by atoms with E-state index >= 15 is 0 Å². The molecule has 0 aliphatic rings. The highest BCUT2D eigenvalue weighted by Gasteiger charge is 2.17. The number of phenolic OH excluding ortho intramolecular Hbond substituents is 1. The van der Waals surface area contributed by atoms with Crippen LogP contribution in [-0.4, -0.2) is 52.6 Å². The van der Waals surface area contributed by atoms with Crippen molar-refractivity contribution in [1.29, 1.82) is 0 Å². The molecule has 6 nitrogen and oxygen atoms in total. The quantitative estimate of drug-likeness (QED) is 0.642. The second kappa shape index (κ2) is 7.02. The van der Waals surface area contributed by atoms with Crippen LogP contribution in [-0.2, 0) is 0 Å². The van der Waals surface area contributed by atoms with Gasteiger partial charge in [-0.15, -0.1) is 11.3 Å². The fourth-order valence-electron chi connectivity index (χ4n) is 2.40. The van der Waals surface area contributed by atoms with Crippen molar-refractivity contribution < 1.29 is 9.90 Å². The molecule has 0 saturated heterocycles. The largest absolute Gasteiger partial charge is 0.506 e. The summed E-state index contributed by atoms with van der Waals surface area (Å²) in [5.41, 5.74) is 1.43. The SMILES string of the molecule is CCN(C)CCNC(=O)c1ccc(O)c2[nH]c(-c3cccs3)nc12. The second-order valence-corrected chi connectivity index (χ2v) is 6.52. The summed E-state index contributed by atoms with van der Waals surface area (Å²) in [6, 6.07) is 7.01. The third kappa shape index (κ3) is 3.27. The molecule has 0 saturated carbocycles. The van der Waals surface area contributed by atoms with Crippen molar-refractivity contribution >= 4 is 28.3 Å². The number of aromatic hydroxyl groups is 1. The first-order valence-corrected chi connectivity index (χ1v) is 8.70. The van der Waals surface area contributed by atoms with Crippen molar-refractivity contribution in [3.8, 4) is 16.5 Å². The van der Waals surface area contributed by atoms with Crippen LogP contribution in [0.15, 0.2) is 29.6 Å². The molecule has 3 N–H and O–H groups in total. The second-order valence-electron chi connectivity index (χ2n) is 5.57. The highest BCUT2D eigenvalue weighted by Crippen LogP contribution is 2.30. The Hall–Kier alpha value is -2.38. The van der Waals surface area contributed by atoms with E-state index in [1.807, 2.05) is 24.6 Å². The molecule has 0 fully saturated rings. The van der Waals surface area contributed by atoms with Crippen LogP contribution in [0.3, 0.4) is 0 Å². The molecule has 3 rings (SSSR count). The maximum absolute atomic E-state index is 12.5. The van der Waals surface area contributed by atoms with Crippen LogP contribution in [0, 0.1) is 0 Å². The van der Waals surface area contributed by atoms with Crippen LogP contribution in [0.5, 0.6) is 5.75 Å². The number of fused-ring (bicyclic) bond motifs is 1. The van der Waals surface area contributed by atoms with Crippen LogP contribution in [0.4, 0.5) is 0 Å². The number of hydrogen-bond acceptors (Lipinski definition) is 5. The van der Waals surface area contributed by atoms with Gasteiger partial charge in [0.2, 0.25) is 0 Å². The number of thiophene rings is 1. The summed E-state index contributed by atoms with van der Waals surface area (Å²) < 4.78 is 0. The van der Waals surface area contributed by atoms with Crippen molar-refractivity contribution in [3.05, 3.63) is 35.2 Å². The lowest BCUT2D eigenvalue weighted by atomic mass is 10.1. The van der Waals surface area contributed by atoms with E-state index in [0.717, 1.165) is 18.0 Å². The summed E-state index contributed by atoms with van der Waals surface area (Å²) in [6.07, 6.45) is 0. The molecule has 0 spiro atoms. The molecule has 126 valence electrons. The van der Waals surface area contributed by atoms with Gasteiger partial charge in [0.15, 0.2) is 0 Å². The zero-order valence-electron chi connectivity index (χ0n) is 13.7. The van der Waals surface area contributed by atoms with E-state index in [2.05, 4.69) is 27.1 Å². The Morgan fingerprint density at radius 1 is 1.42 bits per heavy atom. The predicted octanol–water partition coefficient (Wildman–Crippen LogP) is 2.68. The molecule has 2 heterocycles. The van der Waals surface area contributed by atoms with Gasteiger partial charge in [0, 0.05) is 13.1 Å². The standard InChI is InChI=1S/C17H20N4O2S/c1-3-21(2)9-8-18-17(23)11-6-7-12(22)15-14(11)19-16(20-15)13-5-4-10-24-13/h4-7,10,22H,3,8-9H2,1-2H3,(H,18,23)(H,19,20). The van der Waals surface area contributed by atoms with Gasteiger partial charge in [0.05, 0.1) is 10.4 Å². The third-order valence-electron chi connectivity index (χ3n) is 3.94. The Kier molecular flexibility index (Phi) is 4.82. The summed E-state index contributed by atoms with van der Waals surface area (Å²) >= 11 is 1.55. The number of phenols is 1. The number of carbonyl (C=O) groups is 1. The maximum atomic E-state index is 12.5. The normalized spacial score (nSPS) is 11.3. The number of amides is 1. The van der Waals surface area contributed by atoms with Gasteiger partial charge in [-0.25, -0.2) is 4.98 Å². The number of nitrogens with one attached hydrogen (secondary N) is 2. The van der Waals surface area contributed by atoms with Gasteiger partial charge in [-0.05, 0) is 37.2 Å². The number of benzene rings is 1. The molecule has 0 atom stereocenters. The Labute approximate surface area is 144 Å². The third-order valence-corrected chi connectivity index (χ3v) is 4.82. The summed E-state index contributed by atoms with van der Waals surface area (Å²) in [6.45, 7) is 4.35. The fourth-order valence-corrected chi connectivity index (χ4v) is 3.07. The molecule has 3 aromatic rings. The Balaban J connectivity index is 1.88. The lowest BCUT2D eigenvalue weighted by molar-refractivity contribution is 0.0951. The molecule has 0 aliphatic carbocycles. The zero-order chi connectivity index (χ0) is 17.1. The van der Waals surface area contributed by atoms with E-state index in [1.54, 1.807) is 17.4 Å². The van der Waals surface area contributed by atoms with Crippen LogP contribution < -0.4 is 5.32 Å². The predicted molar refractivity (Wildman–Crippen MR) is 96.6 cm³/mol. The molecule has 7 heteroatoms. The van der Waals surface area contributed by atoms with E-state index < -0.39 is 0 Å². The number of aromatic nitrogens is 2. The first-order chi connectivity index (χ1) is 11.6. The number of aromatic amines is 1. The smallest absolute Gasteiger partial charge is 0.253 e. The molecule has 1 aromatic carbocycles. The zero-order valence-corrected chi connectivity index (χ0v) is 14.5. The summed E-state index contributed by atoms with van der Waals surface area (Å²) in [5, 5.41) is 14.9. The minimum absolute atomic E-state index is 0.0857. The highest BCUT2D eigenvalue weighted by atomic mass is 32.1. The average Bonchev–Trinajstić information content (AvgIpc) is 3.24. The number of rotatable bonds is 6. The molecule has 1 amide bonds. The molecule has 0 aliphatic heterocycles. The van der Waals surface area contributed by atoms with E-state index in [0.29, 0.717) is 29.0 Å². The van der Waals surface area contributed by atoms with Crippen molar-refractivity contribution in [2.24, 2.45) is 0 Å². The van der Waals surface area contributed by atoms with Crippen LogP contribution in [0.1, 0.15) is 17.3 Å². The molecule has 0 unspecified atom stereocenters. The summed E-state index contributed by atoms with van der Waals surface area (Å²) in [5.74, 6) is 0.553. The van der Waals surface area contributed by atoms with E-state index in [9.17, 15) is 9.90 Å². The lowest BCUT2D eigenvalue weighted by Crippen LogP contribution is -2.33. The minimum Gasteiger partial charge on any atom is -0.506 e. The highest BCUT2D eigenvalue weighted by molar-refractivity contribution is 7.13. The van der Waals surface area contributed by atoms with Gasteiger partial charge < -0.3 is 20.3 Å².